The number of hydrogen-bond donors (Lipinski definition) is 2. The molecule has 0 spiro atoms. The number of aliphatic hydroxyl groups is 1. The molecule has 1 atom stereocenters. The van der Waals surface area contributed by atoms with E-state index in [0.29, 0.717) is 5.56 Å². The van der Waals surface area contributed by atoms with Crippen molar-refractivity contribution in [2.24, 2.45) is 5.73 Å². The van der Waals surface area contributed by atoms with Crippen molar-refractivity contribution in [2.45, 2.75) is 13.0 Å². The van der Waals surface area contributed by atoms with Crippen molar-refractivity contribution in [3.05, 3.63) is 39.8 Å². The molecule has 0 saturated heterocycles. The van der Waals surface area contributed by atoms with E-state index in [1.165, 1.54) is 12.1 Å². The van der Waals surface area contributed by atoms with Crippen LogP contribution in [0.4, 0.5) is 5.69 Å². The highest BCUT2D eigenvalue weighted by molar-refractivity contribution is 5.63. The second-order valence-corrected chi connectivity index (χ2v) is 4.00. The summed E-state index contributed by atoms with van der Waals surface area (Å²) in [6.07, 6.45) is 0. The summed E-state index contributed by atoms with van der Waals surface area (Å²) in [7, 11) is 0. The summed E-state index contributed by atoms with van der Waals surface area (Å²) < 4.78 is 4.91. The number of nitrogens with zero attached hydrogens (tertiary/aromatic N) is 3. The van der Waals surface area contributed by atoms with E-state index in [1.807, 2.05) is 0 Å². The van der Waals surface area contributed by atoms with Crippen molar-refractivity contribution in [2.75, 3.05) is 6.61 Å². The predicted molar refractivity (Wildman–Crippen MR) is 65.1 cm³/mol. The molecule has 1 aromatic heterocycles. The number of hydrogen-bond acceptors (Lipinski definition) is 7. The first-order valence-corrected chi connectivity index (χ1v) is 5.48. The zero-order valence-corrected chi connectivity index (χ0v) is 10.1. The molecule has 0 radical (unpaired) electrons. The number of rotatable bonds is 4. The molecule has 1 heterocycles. The van der Waals surface area contributed by atoms with E-state index in [-0.39, 0.29) is 24.0 Å². The van der Waals surface area contributed by atoms with Gasteiger partial charge in [-0.2, -0.15) is 4.98 Å². The summed E-state index contributed by atoms with van der Waals surface area (Å²) in [6.45, 7) is 1.45. The molecular weight excluding hydrogens is 252 g/mol. The fourth-order valence-corrected chi connectivity index (χ4v) is 1.54. The molecule has 2 rings (SSSR count). The molecule has 8 nitrogen and oxygen atoms in total. The molecule has 0 aliphatic heterocycles. The smallest absolute Gasteiger partial charge is 0.270 e. The van der Waals surface area contributed by atoms with Crippen molar-refractivity contribution < 1.29 is 14.6 Å². The van der Waals surface area contributed by atoms with Crippen LogP contribution < -0.4 is 5.73 Å². The van der Waals surface area contributed by atoms with Gasteiger partial charge in [0.25, 0.3) is 5.69 Å². The van der Waals surface area contributed by atoms with Gasteiger partial charge in [0.05, 0.1) is 11.5 Å². The normalized spacial score (nSPS) is 12.4. The number of aryl methyl sites for hydroxylation is 1. The van der Waals surface area contributed by atoms with E-state index in [0.717, 1.165) is 5.56 Å². The van der Waals surface area contributed by atoms with Crippen molar-refractivity contribution in [3.63, 3.8) is 0 Å². The maximum absolute atomic E-state index is 10.7. The summed E-state index contributed by atoms with van der Waals surface area (Å²) in [5.41, 5.74) is 6.76. The van der Waals surface area contributed by atoms with Gasteiger partial charge in [0, 0.05) is 17.7 Å². The Bertz CT molecular complexity index is 610. The monoisotopic (exact) mass is 264 g/mol. The minimum atomic E-state index is -0.764. The third kappa shape index (κ3) is 2.59. The second kappa shape index (κ2) is 5.12. The Morgan fingerprint density at radius 3 is 2.95 bits per heavy atom. The number of non-ortho nitro benzene ring substituents is 1. The molecule has 2 aromatic rings. The van der Waals surface area contributed by atoms with Gasteiger partial charge >= 0.3 is 0 Å². The van der Waals surface area contributed by atoms with Crippen LogP contribution in [0.1, 0.15) is 17.5 Å². The number of nitro benzene ring substituents is 1. The zero-order chi connectivity index (χ0) is 14.0. The predicted octanol–water partition coefficient (Wildman–Crippen LogP) is 0.945. The van der Waals surface area contributed by atoms with Crippen LogP contribution in [-0.2, 0) is 0 Å². The van der Waals surface area contributed by atoms with E-state index in [9.17, 15) is 10.1 Å². The Hall–Kier alpha value is -2.32. The number of benzene rings is 1. The SMILES string of the molecule is Cc1ccc([N+](=O)[O-])cc1-c1noc([C@@H](N)CO)n1. The molecule has 0 saturated carbocycles. The lowest BCUT2D eigenvalue weighted by atomic mass is 10.1. The second-order valence-electron chi connectivity index (χ2n) is 4.00. The quantitative estimate of drug-likeness (QED) is 0.621. The van der Waals surface area contributed by atoms with Crippen molar-refractivity contribution in [1.29, 1.82) is 0 Å². The highest BCUT2D eigenvalue weighted by Crippen LogP contribution is 2.26. The number of nitrogens with two attached hydrogens (primary N) is 1. The molecule has 19 heavy (non-hydrogen) atoms. The van der Waals surface area contributed by atoms with Crippen LogP contribution in [0.15, 0.2) is 22.7 Å². The third-order valence-electron chi connectivity index (χ3n) is 2.63. The molecule has 0 amide bonds. The van der Waals surface area contributed by atoms with Crippen LogP contribution in [0.5, 0.6) is 0 Å². The topological polar surface area (TPSA) is 128 Å². The van der Waals surface area contributed by atoms with Crippen LogP contribution in [-0.4, -0.2) is 26.8 Å². The van der Waals surface area contributed by atoms with Gasteiger partial charge in [0.2, 0.25) is 11.7 Å². The first-order valence-electron chi connectivity index (χ1n) is 5.48. The molecule has 0 fully saturated rings. The summed E-state index contributed by atoms with van der Waals surface area (Å²) in [4.78, 5) is 14.3. The summed E-state index contributed by atoms with van der Waals surface area (Å²) in [5, 5.41) is 23.4. The third-order valence-corrected chi connectivity index (χ3v) is 2.63. The average molecular weight is 264 g/mol. The molecule has 100 valence electrons. The van der Waals surface area contributed by atoms with Gasteiger partial charge in [-0.25, -0.2) is 0 Å². The largest absolute Gasteiger partial charge is 0.394 e. The van der Waals surface area contributed by atoms with Gasteiger partial charge in [-0.05, 0) is 12.5 Å². The number of aliphatic hydroxyl groups excluding tert-OH is 1. The highest BCUT2D eigenvalue weighted by Gasteiger charge is 2.18. The number of aromatic nitrogens is 2. The lowest BCUT2D eigenvalue weighted by Gasteiger charge is -2.01. The Labute approximate surface area is 108 Å². The van der Waals surface area contributed by atoms with Gasteiger partial charge in [-0.15, -0.1) is 0 Å². The minimum Gasteiger partial charge on any atom is -0.394 e. The van der Waals surface area contributed by atoms with Crippen molar-refractivity contribution in [1.82, 2.24) is 10.1 Å². The molecule has 8 heteroatoms. The Kier molecular flexibility index (Phi) is 3.54. The Morgan fingerprint density at radius 2 is 2.32 bits per heavy atom. The van der Waals surface area contributed by atoms with Gasteiger partial charge < -0.3 is 15.4 Å². The first kappa shape index (κ1) is 13.1. The Balaban J connectivity index is 2.43. The lowest BCUT2D eigenvalue weighted by molar-refractivity contribution is -0.384. The summed E-state index contributed by atoms with van der Waals surface area (Å²) in [5.74, 6) is 0.295. The van der Waals surface area contributed by atoms with Crippen LogP contribution >= 0.6 is 0 Å². The van der Waals surface area contributed by atoms with Crippen LogP contribution in [0.25, 0.3) is 11.4 Å². The maximum Gasteiger partial charge on any atom is 0.270 e. The van der Waals surface area contributed by atoms with Gasteiger partial charge in [-0.1, -0.05) is 11.2 Å². The first-order chi connectivity index (χ1) is 9.02. The van der Waals surface area contributed by atoms with Gasteiger partial charge in [0.1, 0.15) is 6.04 Å². The number of nitro groups is 1. The lowest BCUT2D eigenvalue weighted by Crippen LogP contribution is -2.14. The molecule has 0 bridgehead atoms. The summed E-state index contributed by atoms with van der Waals surface area (Å²) >= 11 is 0. The van der Waals surface area contributed by atoms with Crippen molar-refractivity contribution in [3.8, 4) is 11.4 Å². The fraction of sp³-hybridized carbons (Fsp3) is 0.273. The fourth-order valence-electron chi connectivity index (χ4n) is 1.54. The molecule has 1 aromatic carbocycles. The average Bonchev–Trinajstić information content (AvgIpc) is 2.87. The highest BCUT2D eigenvalue weighted by atomic mass is 16.6. The molecule has 0 unspecified atom stereocenters. The maximum atomic E-state index is 10.7. The van der Waals surface area contributed by atoms with E-state index in [2.05, 4.69) is 10.1 Å². The van der Waals surface area contributed by atoms with Gasteiger partial charge in [-0.3, -0.25) is 10.1 Å². The van der Waals surface area contributed by atoms with E-state index >= 15 is 0 Å². The minimum absolute atomic E-state index is 0.0570. The molecular formula is C11H12N4O4. The summed E-state index contributed by atoms with van der Waals surface area (Å²) in [6, 6.07) is 3.61. The van der Waals surface area contributed by atoms with Gasteiger partial charge in [0.15, 0.2) is 0 Å². The molecule has 3 N–H and O–H groups in total. The molecule has 0 aliphatic carbocycles. The Morgan fingerprint density at radius 1 is 1.58 bits per heavy atom. The van der Waals surface area contributed by atoms with Crippen LogP contribution in [0, 0.1) is 17.0 Å². The van der Waals surface area contributed by atoms with E-state index in [4.69, 9.17) is 15.4 Å². The standard InChI is InChI=1S/C11H12N4O4/c1-6-2-3-7(15(17)18)4-8(6)10-13-11(19-14-10)9(12)5-16/h2-4,9,16H,5,12H2,1H3/t9-/m0/s1. The van der Waals surface area contributed by atoms with E-state index in [1.54, 1.807) is 13.0 Å². The van der Waals surface area contributed by atoms with Crippen LogP contribution in [0.3, 0.4) is 0 Å². The zero-order valence-electron chi connectivity index (χ0n) is 10.1. The van der Waals surface area contributed by atoms with E-state index < -0.39 is 11.0 Å². The van der Waals surface area contributed by atoms with Crippen molar-refractivity contribution >= 4 is 5.69 Å². The van der Waals surface area contributed by atoms with Crippen LogP contribution in [0.2, 0.25) is 0 Å². The molecule has 0 aliphatic rings.